The highest BCUT2D eigenvalue weighted by molar-refractivity contribution is 7.07. The highest BCUT2D eigenvalue weighted by atomic mass is 32.1. The molecule has 2 rings (SSSR count). The number of hydrogen-bond donors (Lipinski definition) is 1. The number of rotatable bonds is 5. The van der Waals surface area contributed by atoms with E-state index in [-0.39, 0.29) is 11.9 Å². The lowest BCUT2D eigenvalue weighted by Crippen LogP contribution is -2.41. The van der Waals surface area contributed by atoms with Gasteiger partial charge in [-0.1, -0.05) is 37.1 Å². The minimum Gasteiger partial charge on any atom is -0.448 e. The van der Waals surface area contributed by atoms with Gasteiger partial charge in [-0.05, 0) is 37.7 Å². The number of carbonyl (C=O) groups excluding carboxylic acids is 2. The third-order valence-electron chi connectivity index (χ3n) is 3.93. The minimum atomic E-state index is -0.803. The molecule has 0 spiro atoms. The molecule has 1 saturated carbocycles. The summed E-state index contributed by atoms with van der Waals surface area (Å²) in [4.78, 5) is 24.6. The summed E-state index contributed by atoms with van der Waals surface area (Å²) >= 11 is 1.01. The van der Waals surface area contributed by atoms with Crippen molar-refractivity contribution < 1.29 is 14.3 Å². The van der Waals surface area contributed by atoms with Gasteiger partial charge in [-0.3, -0.25) is 4.79 Å². The lowest BCUT2D eigenvalue weighted by molar-refractivity contribution is -0.129. The summed E-state index contributed by atoms with van der Waals surface area (Å²) in [6.45, 7) is 3.50. The van der Waals surface area contributed by atoms with Crippen molar-refractivity contribution >= 4 is 23.4 Å². The zero-order chi connectivity index (χ0) is 15.9. The fourth-order valence-corrected chi connectivity index (χ4v) is 3.24. The smallest absolute Gasteiger partial charge is 0.352 e. The van der Waals surface area contributed by atoms with Gasteiger partial charge in [0.15, 0.2) is 11.0 Å². The van der Waals surface area contributed by atoms with E-state index < -0.39 is 12.1 Å². The molecule has 1 aliphatic carbocycles. The number of esters is 1. The van der Waals surface area contributed by atoms with Crippen molar-refractivity contribution in [3.63, 3.8) is 0 Å². The first kappa shape index (κ1) is 16.9. The van der Waals surface area contributed by atoms with Crippen LogP contribution < -0.4 is 5.32 Å². The van der Waals surface area contributed by atoms with Crippen LogP contribution in [-0.4, -0.2) is 33.6 Å². The zero-order valence-corrected chi connectivity index (χ0v) is 13.9. The molecule has 22 heavy (non-hydrogen) atoms. The van der Waals surface area contributed by atoms with Gasteiger partial charge in [-0.2, -0.15) is 0 Å². The van der Waals surface area contributed by atoms with Gasteiger partial charge in [0.2, 0.25) is 0 Å². The number of aromatic nitrogens is 2. The van der Waals surface area contributed by atoms with E-state index in [0.717, 1.165) is 37.2 Å². The van der Waals surface area contributed by atoms with Gasteiger partial charge in [0, 0.05) is 6.04 Å². The van der Waals surface area contributed by atoms with Gasteiger partial charge >= 0.3 is 5.97 Å². The van der Waals surface area contributed by atoms with Gasteiger partial charge in [-0.15, -0.1) is 5.10 Å². The molecule has 1 heterocycles. The lowest BCUT2D eigenvalue weighted by atomic mass is 10.1. The van der Waals surface area contributed by atoms with Crippen LogP contribution in [0, 0.1) is 0 Å². The third kappa shape index (κ3) is 4.50. The molecule has 1 aromatic heterocycles. The summed E-state index contributed by atoms with van der Waals surface area (Å²) in [5.41, 5.74) is 0.617. The van der Waals surface area contributed by atoms with Crippen LogP contribution in [0.1, 0.15) is 67.7 Å². The topological polar surface area (TPSA) is 81.2 Å². The first-order valence-corrected chi connectivity index (χ1v) is 8.71. The molecule has 0 bridgehead atoms. The van der Waals surface area contributed by atoms with Crippen LogP contribution in [0.4, 0.5) is 0 Å². The molecule has 0 aromatic carbocycles. The maximum atomic E-state index is 12.2. The fraction of sp³-hybridized carbons (Fsp3) is 0.733. The molecule has 1 atom stereocenters. The van der Waals surface area contributed by atoms with Gasteiger partial charge < -0.3 is 10.1 Å². The molecule has 0 saturated heterocycles. The molecule has 1 amide bonds. The van der Waals surface area contributed by atoms with Crippen molar-refractivity contribution in [2.45, 2.75) is 70.9 Å². The van der Waals surface area contributed by atoms with Crippen molar-refractivity contribution in [1.82, 2.24) is 14.9 Å². The fourth-order valence-electron chi connectivity index (χ4n) is 2.60. The Morgan fingerprint density at radius 3 is 2.64 bits per heavy atom. The van der Waals surface area contributed by atoms with E-state index in [2.05, 4.69) is 14.9 Å². The SMILES string of the molecule is CCc1nnsc1C(=O)O[C@@H](C)C(=O)NC1CCCCCC1. The number of aryl methyl sites for hydroxylation is 1. The van der Waals surface area contributed by atoms with E-state index in [0.29, 0.717) is 17.0 Å². The molecule has 1 N–H and O–H groups in total. The van der Waals surface area contributed by atoms with Crippen LogP contribution in [0.25, 0.3) is 0 Å². The van der Waals surface area contributed by atoms with E-state index in [1.165, 1.54) is 12.8 Å². The standard InChI is InChI=1S/C15H23N3O3S/c1-3-12-13(22-18-17-12)15(20)21-10(2)14(19)16-11-8-6-4-5-7-9-11/h10-11H,3-9H2,1-2H3,(H,16,19)/t10-/m0/s1. The van der Waals surface area contributed by atoms with Crippen molar-refractivity contribution in [1.29, 1.82) is 0 Å². The first-order valence-electron chi connectivity index (χ1n) is 7.94. The molecule has 7 heteroatoms. The quantitative estimate of drug-likeness (QED) is 0.664. The van der Waals surface area contributed by atoms with E-state index in [9.17, 15) is 9.59 Å². The Labute approximate surface area is 134 Å². The molecule has 1 fully saturated rings. The Morgan fingerprint density at radius 2 is 2.00 bits per heavy atom. The van der Waals surface area contributed by atoms with Gasteiger partial charge in [0.1, 0.15) is 0 Å². The normalized spacial score (nSPS) is 17.5. The second-order valence-corrected chi connectivity index (χ2v) is 6.40. The van der Waals surface area contributed by atoms with E-state index in [1.54, 1.807) is 6.92 Å². The molecule has 122 valence electrons. The molecular weight excluding hydrogens is 302 g/mol. The predicted molar refractivity (Wildman–Crippen MR) is 83.8 cm³/mol. The first-order chi connectivity index (χ1) is 10.6. The molecule has 6 nitrogen and oxygen atoms in total. The van der Waals surface area contributed by atoms with Gasteiger partial charge in [-0.25, -0.2) is 4.79 Å². The summed E-state index contributed by atoms with van der Waals surface area (Å²) in [6.07, 6.45) is 6.57. The average Bonchev–Trinajstić information content (AvgIpc) is 2.85. The number of ether oxygens (including phenoxy) is 1. The number of nitrogens with one attached hydrogen (secondary N) is 1. The van der Waals surface area contributed by atoms with E-state index in [4.69, 9.17) is 4.74 Å². The summed E-state index contributed by atoms with van der Waals surface area (Å²) in [6, 6.07) is 0.201. The largest absolute Gasteiger partial charge is 0.448 e. The van der Waals surface area contributed by atoms with E-state index in [1.807, 2.05) is 6.92 Å². The maximum absolute atomic E-state index is 12.2. The Balaban J connectivity index is 1.86. The predicted octanol–water partition coefficient (Wildman–Crippen LogP) is 2.48. The summed E-state index contributed by atoms with van der Waals surface area (Å²) < 4.78 is 9.01. The monoisotopic (exact) mass is 325 g/mol. The summed E-state index contributed by atoms with van der Waals surface area (Å²) in [5, 5.41) is 6.87. The second-order valence-electron chi connectivity index (χ2n) is 5.65. The van der Waals surface area contributed by atoms with Crippen LogP contribution in [-0.2, 0) is 16.0 Å². The van der Waals surface area contributed by atoms with Crippen LogP contribution in [0.15, 0.2) is 0 Å². The summed E-state index contributed by atoms with van der Waals surface area (Å²) in [5.74, 6) is -0.744. The minimum absolute atomic E-state index is 0.201. The second kappa shape index (κ2) is 8.22. The van der Waals surface area contributed by atoms with Crippen molar-refractivity contribution in [3.8, 4) is 0 Å². The Kier molecular flexibility index (Phi) is 6.30. The number of nitrogens with zero attached hydrogens (tertiary/aromatic N) is 2. The number of amides is 1. The number of hydrogen-bond acceptors (Lipinski definition) is 6. The maximum Gasteiger partial charge on any atom is 0.352 e. The number of carbonyl (C=O) groups is 2. The molecule has 0 radical (unpaired) electrons. The van der Waals surface area contributed by atoms with Gasteiger partial charge in [0.25, 0.3) is 5.91 Å². The Morgan fingerprint density at radius 1 is 1.32 bits per heavy atom. The van der Waals surface area contributed by atoms with E-state index >= 15 is 0 Å². The van der Waals surface area contributed by atoms with Crippen molar-refractivity contribution in [2.75, 3.05) is 0 Å². The van der Waals surface area contributed by atoms with Crippen LogP contribution in [0.5, 0.6) is 0 Å². The summed E-state index contributed by atoms with van der Waals surface area (Å²) in [7, 11) is 0. The molecule has 1 aliphatic rings. The average molecular weight is 325 g/mol. The highest BCUT2D eigenvalue weighted by Gasteiger charge is 2.24. The molecule has 0 aliphatic heterocycles. The third-order valence-corrected chi connectivity index (χ3v) is 4.68. The van der Waals surface area contributed by atoms with Crippen LogP contribution in [0.3, 0.4) is 0 Å². The van der Waals surface area contributed by atoms with Crippen molar-refractivity contribution in [3.05, 3.63) is 10.6 Å². The Hall–Kier alpha value is -1.50. The lowest BCUT2D eigenvalue weighted by Gasteiger charge is -2.19. The van der Waals surface area contributed by atoms with Crippen LogP contribution in [0.2, 0.25) is 0 Å². The Bertz CT molecular complexity index is 510. The van der Waals surface area contributed by atoms with Crippen LogP contribution >= 0.6 is 11.5 Å². The molecule has 1 aromatic rings. The van der Waals surface area contributed by atoms with Crippen molar-refractivity contribution in [2.24, 2.45) is 0 Å². The zero-order valence-electron chi connectivity index (χ0n) is 13.1. The molecule has 0 unspecified atom stereocenters. The highest BCUT2D eigenvalue weighted by Crippen LogP contribution is 2.18. The van der Waals surface area contributed by atoms with Gasteiger partial charge in [0.05, 0.1) is 5.69 Å². The molecular formula is C15H23N3O3S.